The monoisotopic (exact) mass is 436 g/mol. The van der Waals surface area contributed by atoms with Crippen molar-refractivity contribution in [2.75, 3.05) is 6.61 Å². The van der Waals surface area contributed by atoms with Gasteiger partial charge in [0.1, 0.15) is 11.5 Å². The highest BCUT2D eigenvalue weighted by molar-refractivity contribution is 9.10. The Labute approximate surface area is 162 Å². The first-order valence-corrected chi connectivity index (χ1v) is 8.91. The van der Waals surface area contributed by atoms with Gasteiger partial charge in [-0.15, -0.1) is 0 Å². The number of benzene rings is 2. The number of carboxylic acids is 1. The van der Waals surface area contributed by atoms with Crippen LogP contribution in [0.2, 0.25) is 5.02 Å². The number of ether oxygens (including phenoxy) is 1. The number of carboxylic acid groups (broad SMARTS) is 1. The third kappa shape index (κ3) is 3.76. The van der Waals surface area contributed by atoms with Gasteiger partial charge in [-0.3, -0.25) is 9.59 Å². The van der Waals surface area contributed by atoms with Crippen molar-refractivity contribution in [2.24, 2.45) is 0 Å². The van der Waals surface area contributed by atoms with Crippen LogP contribution in [0.1, 0.15) is 12.0 Å². The van der Waals surface area contributed by atoms with E-state index in [1.54, 1.807) is 30.3 Å². The van der Waals surface area contributed by atoms with Gasteiger partial charge in [-0.1, -0.05) is 17.7 Å². The smallest absolute Gasteiger partial charge is 0.306 e. The fourth-order valence-corrected chi connectivity index (χ4v) is 3.10. The Morgan fingerprint density at radius 2 is 2.08 bits per heavy atom. The van der Waals surface area contributed by atoms with E-state index in [0.717, 1.165) is 5.56 Å². The minimum atomic E-state index is -0.967. The Balaban J connectivity index is 2.15. The number of fused-ring (bicyclic) bond motifs is 1. The van der Waals surface area contributed by atoms with Gasteiger partial charge in [-0.2, -0.15) is 0 Å². The molecule has 134 valence electrons. The Morgan fingerprint density at radius 1 is 1.31 bits per heavy atom. The van der Waals surface area contributed by atoms with E-state index < -0.39 is 5.97 Å². The SMILES string of the molecule is Cc1cc(-c2cc(=O)c3cccc(Br)c3o2)c(OCCC(=O)O)cc1Cl. The van der Waals surface area contributed by atoms with Crippen molar-refractivity contribution in [3.8, 4) is 17.1 Å². The predicted octanol–water partition coefficient (Wildman–Crippen LogP) is 5.04. The van der Waals surface area contributed by atoms with Crippen molar-refractivity contribution in [3.63, 3.8) is 0 Å². The van der Waals surface area contributed by atoms with E-state index in [1.165, 1.54) is 6.07 Å². The molecule has 3 rings (SSSR count). The van der Waals surface area contributed by atoms with Gasteiger partial charge in [-0.25, -0.2) is 0 Å². The van der Waals surface area contributed by atoms with Crippen LogP contribution in [0.3, 0.4) is 0 Å². The van der Waals surface area contributed by atoms with Gasteiger partial charge in [0.25, 0.3) is 0 Å². The topological polar surface area (TPSA) is 76.7 Å². The number of hydrogen-bond acceptors (Lipinski definition) is 4. The number of hydrogen-bond donors (Lipinski definition) is 1. The van der Waals surface area contributed by atoms with Crippen molar-refractivity contribution in [1.82, 2.24) is 0 Å². The average Bonchev–Trinajstić information content (AvgIpc) is 2.58. The molecule has 0 aliphatic heterocycles. The molecule has 0 radical (unpaired) electrons. The van der Waals surface area contributed by atoms with Crippen molar-refractivity contribution in [1.29, 1.82) is 0 Å². The van der Waals surface area contributed by atoms with Gasteiger partial charge >= 0.3 is 5.97 Å². The summed E-state index contributed by atoms with van der Waals surface area (Å²) < 4.78 is 12.2. The quantitative estimate of drug-likeness (QED) is 0.605. The first-order chi connectivity index (χ1) is 12.4. The molecule has 2 aromatic carbocycles. The lowest BCUT2D eigenvalue weighted by molar-refractivity contribution is -0.137. The molecule has 0 spiro atoms. The zero-order valence-electron chi connectivity index (χ0n) is 13.7. The second-order valence-corrected chi connectivity index (χ2v) is 6.94. The van der Waals surface area contributed by atoms with Crippen LogP contribution >= 0.6 is 27.5 Å². The summed E-state index contributed by atoms with van der Waals surface area (Å²) in [6, 6.07) is 9.97. The van der Waals surface area contributed by atoms with Crippen molar-refractivity contribution in [3.05, 3.63) is 61.7 Å². The van der Waals surface area contributed by atoms with Crippen LogP contribution in [0.15, 0.2) is 50.1 Å². The molecule has 3 aromatic rings. The lowest BCUT2D eigenvalue weighted by atomic mass is 10.1. The largest absolute Gasteiger partial charge is 0.492 e. The predicted molar refractivity (Wildman–Crippen MR) is 103 cm³/mol. The van der Waals surface area contributed by atoms with E-state index in [1.807, 2.05) is 6.92 Å². The number of para-hydroxylation sites is 1. The molecule has 1 heterocycles. The number of rotatable bonds is 5. The Bertz CT molecular complexity index is 1060. The normalized spacial score (nSPS) is 10.9. The summed E-state index contributed by atoms with van der Waals surface area (Å²) in [6.07, 6.45) is -0.155. The Kier molecular flexibility index (Phi) is 5.34. The highest BCUT2D eigenvalue weighted by Crippen LogP contribution is 2.36. The summed E-state index contributed by atoms with van der Waals surface area (Å²) in [7, 11) is 0. The second-order valence-electron chi connectivity index (χ2n) is 5.68. The summed E-state index contributed by atoms with van der Waals surface area (Å²) in [5.41, 5.74) is 1.56. The Hall–Kier alpha value is -2.31. The van der Waals surface area contributed by atoms with Crippen LogP contribution in [-0.4, -0.2) is 17.7 Å². The number of carbonyl (C=O) groups is 1. The van der Waals surface area contributed by atoms with Gasteiger partial charge in [0, 0.05) is 11.1 Å². The molecule has 26 heavy (non-hydrogen) atoms. The fraction of sp³-hybridized carbons (Fsp3) is 0.158. The maximum Gasteiger partial charge on any atom is 0.306 e. The average molecular weight is 438 g/mol. The Morgan fingerprint density at radius 3 is 2.81 bits per heavy atom. The minimum Gasteiger partial charge on any atom is -0.492 e. The zero-order chi connectivity index (χ0) is 18.8. The van der Waals surface area contributed by atoms with Crippen molar-refractivity contribution >= 4 is 44.5 Å². The van der Waals surface area contributed by atoms with Gasteiger partial charge in [0.05, 0.1) is 28.5 Å². The molecule has 0 bridgehead atoms. The number of aliphatic carboxylic acids is 1. The molecule has 0 atom stereocenters. The molecule has 7 heteroatoms. The van der Waals surface area contributed by atoms with E-state index in [-0.39, 0.29) is 18.5 Å². The van der Waals surface area contributed by atoms with Crippen molar-refractivity contribution in [2.45, 2.75) is 13.3 Å². The summed E-state index contributed by atoms with van der Waals surface area (Å²) in [6.45, 7) is 1.80. The lowest BCUT2D eigenvalue weighted by Gasteiger charge is -2.13. The number of aryl methyl sites for hydroxylation is 1. The van der Waals surface area contributed by atoms with Crippen LogP contribution in [0.4, 0.5) is 0 Å². The maximum atomic E-state index is 12.5. The third-order valence-corrected chi connectivity index (χ3v) is 4.84. The van der Waals surface area contributed by atoms with E-state index in [9.17, 15) is 9.59 Å². The first-order valence-electron chi connectivity index (χ1n) is 7.74. The molecule has 0 saturated carbocycles. The molecule has 0 fully saturated rings. The molecule has 0 aliphatic carbocycles. The lowest BCUT2D eigenvalue weighted by Crippen LogP contribution is -2.06. The first kappa shape index (κ1) is 18.5. The molecule has 0 aliphatic rings. The van der Waals surface area contributed by atoms with E-state index in [4.69, 9.17) is 25.9 Å². The van der Waals surface area contributed by atoms with Gasteiger partial charge in [0.2, 0.25) is 0 Å². The van der Waals surface area contributed by atoms with Gasteiger partial charge < -0.3 is 14.3 Å². The van der Waals surface area contributed by atoms with E-state index in [0.29, 0.717) is 37.5 Å². The number of halogens is 2. The fourth-order valence-electron chi connectivity index (χ4n) is 2.50. The van der Waals surface area contributed by atoms with Gasteiger partial charge in [0.15, 0.2) is 11.0 Å². The van der Waals surface area contributed by atoms with Crippen LogP contribution < -0.4 is 10.2 Å². The summed E-state index contributed by atoms with van der Waals surface area (Å²) in [4.78, 5) is 23.2. The third-order valence-electron chi connectivity index (χ3n) is 3.81. The summed E-state index contributed by atoms with van der Waals surface area (Å²) in [5, 5.41) is 9.73. The molecule has 1 aromatic heterocycles. The summed E-state index contributed by atoms with van der Waals surface area (Å²) >= 11 is 9.56. The van der Waals surface area contributed by atoms with E-state index in [2.05, 4.69) is 15.9 Å². The zero-order valence-corrected chi connectivity index (χ0v) is 16.1. The standard InChI is InChI=1S/C19H14BrClO5/c1-10-7-12(16(8-14(10)21)25-6-5-18(23)24)17-9-15(22)11-3-2-4-13(20)19(11)26-17/h2-4,7-9H,5-6H2,1H3,(H,23,24). The summed E-state index contributed by atoms with van der Waals surface area (Å²) in [5.74, 6) is -0.290. The molecule has 5 nitrogen and oxygen atoms in total. The van der Waals surface area contributed by atoms with E-state index >= 15 is 0 Å². The molecular formula is C19H14BrClO5. The van der Waals surface area contributed by atoms with Crippen LogP contribution in [0.5, 0.6) is 5.75 Å². The van der Waals surface area contributed by atoms with Crippen molar-refractivity contribution < 1.29 is 19.1 Å². The molecule has 0 amide bonds. The maximum absolute atomic E-state index is 12.5. The second kappa shape index (κ2) is 7.51. The molecular weight excluding hydrogens is 424 g/mol. The van der Waals surface area contributed by atoms with Crippen LogP contribution in [0.25, 0.3) is 22.3 Å². The highest BCUT2D eigenvalue weighted by atomic mass is 79.9. The molecule has 0 saturated heterocycles. The highest BCUT2D eigenvalue weighted by Gasteiger charge is 2.16. The van der Waals surface area contributed by atoms with Crippen LogP contribution in [0, 0.1) is 6.92 Å². The minimum absolute atomic E-state index is 0.0246. The van der Waals surface area contributed by atoms with Gasteiger partial charge in [-0.05, 0) is 52.7 Å². The molecule has 1 N–H and O–H groups in total. The van der Waals surface area contributed by atoms with Crippen LogP contribution in [-0.2, 0) is 4.79 Å². The molecule has 0 unspecified atom stereocenters.